The summed E-state index contributed by atoms with van der Waals surface area (Å²) in [6.07, 6.45) is 0.383. The Morgan fingerprint density at radius 2 is 2.09 bits per heavy atom. The molecule has 3 aliphatic heterocycles. The number of carbonyl (C=O) groups is 1. The van der Waals surface area contributed by atoms with E-state index in [0.717, 1.165) is 0 Å². The molecule has 1 amide bonds. The number of ether oxygens (including phenoxy) is 1. The average molecular weight is 480 g/mol. The number of halogens is 2. The zero-order valence-corrected chi connectivity index (χ0v) is 18.7. The molecule has 6 rings (SSSR count). The Morgan fingerprint density at radius 3 is 2.94 bits per heavy atom. The number of aromatic nitrogens is 3. The number of nitrogens with one attached hydrogen (secondary N) is 1. The third-order valence-corrected chi connectivity index (χ3v) is 6.72. The predicted octanol–water partition coefficient (Wildman–Crippen LogP) is 2.04. The van der Waals surface area contributed by atoms with Crippen LogP contribution in [-0.4, -0.2) is 63.5 Å². The molecule has 1 N–H and O–H groups in total. The fourth-order valence-corrected chi connectivity index (χ4v) is 5.08. The van der Waals surface area contributed by atoms with Crippen LogP contribution in [0.2, 0.25) is 0 Å². The van der Waals surface area contributed by atoms with Crippen molar-refractivity contribution in [1.82, 2.24) is 19.4 Å². The number of alkyl halides is 1. The van der Waals surface area contributed by atoms with Gasteiger partial charge >= 0.3 is 0 Å². The van der Waals surface area contributed by atoms with Gasteiger partial charge in [0.2, 0.25) is 0 Å². The molecule has 3 aromatic heterocycles. The second-order valence-electron chi connectivity index (χ2n) is 9.00. The molecular weight excluding hydrogens is 458 g/mol. The first-order chi connectivity index (χ1) is 17.0. The third-order valence-electron chi connectivity index (χ3n) is 6.72. The fourth-order valence-electron chi connectivity index (χ4n) is 5.08. The van der Waals surface area contributed by atoms with Crippen LogP contribution in [0.4, 0.5) is 14.6 Å². The second-order valence-corrected chi connectivity index (χ2v) is 9.00. The summed E-state index contributed by atoms with van der Waals surface area (Å²) in [7, 11) is 0. The lowest BCUT2D eigenvalue weighted by atomic mass is 9.98. The predicted molar refractivity (Wildman–Crippen MR) is 124 cm³/mol. The maximum atomic E-state index is 15.0. The SMILES string of the molecule is O=C1COc2ccc(CN=C3CCN(CC4Cn5c(=O)ccc6ncc(F)c4c65)C[C@@H]3F)nc2N1. The van der Waals surface area contributed by atoms with Crippen molar-refractivity contribution in [2.24, 2.45) is 4.99 Å². The molecule has 35 heavy (non-hydrogen) atoms. The molecule has 180 valence electrons. The van der Waals surface area contributed by atoms with Gasteiger partial charge in [-0.1, -0.05) is 0 Å². The quantitative estimate of drug-likeness (QED) is 0.613. The van der Waals surface area contributed by atoms with Crippen LogP contribution in [-0.2, 0) is 17.9 Å². The van der Waals surface area contributed by atoms with E-state index in [2.05, 4.69) is 20.3 Å². The highest BCUT2D eigenvalue weighted by molar-refractivity contribution is 5.94. The molecule has 3 aromatic rings. The van der Waals surface area contributed by atoms with E-state index in [4.69, 9.17) is 4.74 Å². The lowest BCUT2D eigenvalue weighted by molar-refractivity contribution is -0.118. The number of fused-ring (bicyclic) bond motifs is 1. The monoisotopic (exact) mass is 480 g/mol. The molecule has 0 spiro atoms. The number of hydrogen-bond donors (Lipinski definition) is 1. The van der Waals surface area contributed by atoms with E-state index in [0.29, 0.717) is 65.6 Å². The number of hydrogen-bond acceptors (Lipinski definition) is 7. The van der Waals surface area contributed by atoms with Crippen molar-refractivity contribution >= 4 is 28.5 Å². The summed E-state index contributed by atoms with van der Waals surface area (Å²) in [5, 5.41) is 2.65. The van der Waals surface area contributed by atoms with Crippen LogP contribution in [0.25, 0.3) is 11.0 Å². The van der Waals surface area contributed by atoms with Crippen LogP contribution in [0.3, 0.4) is 0 Å². The first-order valence-corrected chi connectivity index (χ1v) is 11.5. The van der Waals surface area contributed by atoms with Gasteiger partial charge in [-0.05, 0) is 18.2 Å². The Labute approximate surface area is 198 Å². The molecule has 11 heteroatoms. The first kappa shape index (κ1) is 21.8. The molecule has 0 radical (unpaired) electrons. The second kappa shape index (κ2) is 8.49. The van der Waals surface area contributed by atoms with Crippen molar-refractivity contribution in [1.29, 1.82) is 0 Å². The van der Waals surface area contributed by atoms with Gasteiger partial charge in [-0.15, -0.1) is 0 Å². The summed E-state index contributed by atoms with van der Waals surface area (Å²) in [4.78, 5) is 38.7. The molecule has 2 atom stereocenters. The number of rotatable bonds is 4. The minimum absolute atomic E-state index is 0.0429. The van der Waals surface area contributed by atoms with Gasteiger partial charge in [0, 0.05) is 55.9 Å². The van der Waals surface area contributed by atoms with Crippen LogP contribution < -0.4 is 15.6 Å². The number of anilines is 1. The average Bonchev–Trinajstić information content (AvgIpc) is 3.23. The summed E-state index contributed by atoms with van der Waals surface area (Å²) < 4.78 is 36.6. The Kier molecular flexibility index (Phi) is 5.28. The maximum absolute atomic E-state index is 15.0. The van der Waals surface area contributed by atoms with Gasteiger partial charge in [0.25, 0.3) is 11.5 Å². The maximum Gasteiger partial charge on any atom is 0.263 e. The highest BCUT2D eigenvalue weighted by Crippen LogP contribution is 2.34. The van der Waals surface area contributed by atoms with Gasteiger partial charge in [-0.25, -0.2) is 13.8 Å². The van der Waals surface area contributed by atoms with Gasteiger partial charge in [0.05, 0.1) is 29.5 Å². The number of carbonyl (C=O) groups excluding carboxylic acids is 1. The summed E-state index contributed by atoms with van der Waals surface area (Å²) in [5.41, 5.74) is 2.48. The standard InChI is InChI=1S/C24H22F2N6O3/c25-15-8-28-18-2-4-21(34)32-10-13(22(15)23(18)32)9-31-6-5-17(16(26)11-31)27-7-14-1-3-19-24(29-14)30-20(33)12-35-19/h1-4,8,13,16H,5-7,9-12H2,(H,29,30,33)/t13?,16-/m0/s1. The number of nitrogens with zero attached hydrogens (tertiary/aromatic N) is 5. The summed E-state index contributed by atoms with van der Waals surface area (Å²) in [6.45, 7) is 1.68. The van der Waals surface area contributed by atoms with Crippen LogP contribution in [0.1, 0.15) is 23.6 Å². The zero-order valence-electron chi connectivity index (χ0n) is 18.7. The number of amides is 1. The number of pyridine rings is 3. The Morgan fingerprint density at radius 1 is 1.20 bits per heavy atom. The molecule has 9 nitrogen and oxygen atoms in total. The van der Waals surface area contributed by atoms with E-state index in [1.54, 1.807) is 22.8 Å². The summed E-state index contributed by atoms with van der Waals surface area (Å²) in [6, 6.07) is 6.51. The molecule has 0 aromatic carbocycles. The highest BCUT2D eigenvalue weighted by Gasteiger charge is 2.33. The Hall–Kier alpha value is -3.73. The zero-order chi connectivity index (χ0) is 24.1. The van der Waals surface area contributed by atoms with Crippen LogP contribution >= 0.6 is 0 Å². The van der Waals surface area contributed by atoms with Crippen molar-refractivity contribution < 1.29 is 18.3 Å². The Bertz CT molecular complexity index is 1440. The Balaban J connectivity index is 1.13. The molecule has 1 unspecified atom stereocenters. The van der Waals surface area contributed by atoms with E-state index >= 15 is 4.39 Å². The van der Waals surface area contributed by atoms with Crippen molar-refractivity contribution in [3.8, 4) is 5.75 Å². The molecule has 3 aliphatic rings. The normalized spacial score (nSPS) is 22.8. The van der Waals surface area contributed by atoms with Gasteiger partial charge < -0.3 is 14.6 Å². The molecule has 0 saturated carbocycles. The van der Waals surface area contributed by atoms with Crippen LogP contribution in [0.15, 0.2) is 40.2 Å². The van der Waals surface area contributed by atoms with Crippen molar-refractivity contribution in [3.63, 3.8) is 0 Å². The summed E-state index contributed by atoms with van der Waals surface area (Å²) >= 11 is 0. The molecule has 6 heterocycles. The van der Waals surface area contributed by atoms with E-state index in [1.807, 2.05) is 4.90 Å². The summed E-state index contributed by atoms with van der Waals surface area (Å²) in [5.74, 6) is -0.114. The number of likely N-dealkylation sites (tertiary alicyclic amines) is 1. The van der Waals surface area contributed by atoms with Gasteiger partial charge in [0.1, 0.15) is 5.82 Å². The van der Waals surface area contributed by atoms with Crippen LogP contribution in [0, 0.1) is 5.82 Å². The van der Waals surface area contributed by atoms with Crippen molar-refractivity contribution in [2.75, 3.05) is 31.6 Å². The molecule has 0 aliphatic carbocycles. The largest absolute Gasteiger partial charge is 0.480 e. The van der Waals surface area contributed by atoms with Crippen LogP contribution in [0.5, 0.6) is 5.75 Å². The van der Waals surface area contributed by atoms with E-state index in [9.17, 15) is 14.0 Å². The number of piperidine rings is 1. The number of aliphatic imine (C=N–C) groups is 1. The van der Waals surface area contributed by atoms with Gasteiger partial charge in [-0.3, -0.25) is 24.5 Å². The lowest BCUT2D eigenvalue weighted by Crippen LogP contribution is -2.44. The fraction of sp³-hybridized carbons (Fsp3) is 0.375. The van der Waals surface area contributed by atoms with E-state index in [-0.39, 0.29) is 37.1 Å². The third kappa shape index (κ3) is 3.95. The molecule has 1 fully saturated rings. The van der Waals surface area contributed by atoms with Crippen molar-refractivity contribution in [3.05, 3.63) is 57.9 Å². The highest BCUT2D eigenvalue weighted by atomic mass is 19.1. The molecular formula is C24H22F2N6O3. The minimum Gasteiger partial charge on any atom is -0.480 e. The lowest BCUT2D eigenvalue weighted by Gasteiger charge is -2.32. The van der Waals surface area contributed by atoms with Gasteiger partial charge in [0.15, 0.2) is 24.3 Å². The molecule has 0 bridgehead atoms. The van der Waals surface area contributed by atoms with E-state index in [1.165, 1.54) is 12.3 Å². The smallest absolute Gasteiger partial charge is 0.263 e. The minimum atomic E-state index is -1.25. The van der Waals surface area contributed by atoms with Crippen molar-refractivity contribution in [2.45, 2.75) is 31.6 Å². The van der Waals surface area contributed by atoms with Gasteiger partial charge in [-0.2, -0.15) is 0 Å². The first-order valence-electron chi connectivity index (χ1n) is 11.5. The van der Waals surface area contributed by atoms with E-state index < -0.39 is 12.0 Å². The molecule has 1 saturated heterocycles. The topological polar surface area (TPSA) is 102 Å².